The number of aromatic nitrogens is 5. The second kappa shape index (κ2) is 12.3. The Labute approximate surface area is 243 Å². The lowest BCUT2D eigenvalue weighted by Gasteiger charge is -2.37. The number of halogens is 2. The predicted octanol–water partition coefficient (Wildman–Crippen LogP) is 6.02. The Kier molecular flexibility index (Phi) is 8.58. The van der Waals surface area contributed by atoms with Crippen LogP contribution in [0, 0.1) is 18.8 Å². The number of nitrogens with zero attached hydrogens (tertiary/aromatic N) is 5. The van der Waals surface area contributed by atoms with Crippen molar-refractivity contribution in [2.45, 2.75) is 58.2 Å². The van der Waals surface area contributed by atoms with Gasteiger partial charge in [-0.3, -0.25) is 9.78 Å². The summed E-state index contributed by atoms with van der Waals surface area (Å²) in [5, 5.41) is 14.5. The summed E-state index contributed by atoms with van der Waals surface area (Å²) in [4.78, 5) is 30.1. The van der Waals surface area contributed by atoms with Gasteiger partial charge in [0.1, 0.15) is 29.7 Å². The van der Waals surface area contributed by atoms with Crippen LogP contribution in [0.1, 0.15) is 61.7 Å². The van der Waals surface area contributed by atoms with Gasteiger partial charge in [-0.05, 0) is 87.4 Å². The van der Waals surface area contributed by atoms with E-state index >= 15 is 0 Å². The first kappa shape index (κ1) is 29.2. The summed E-state index contributed by atoms with van der Waals surface area (Å²) in [6, 6.07) is 9.93. The van der Waals surface area contributed by atoms with Gasteiger partial charge in [0.15, 0.2) is 0 Å². The number of aryl methyl sites for hydroxylation is 2. The number of carbonyl (C=O) groups is 1. The Bertz CT molecular complexity index is 1530. The summed E-state index contributed by atoms with van der Waals surface area (Å²) in [5.74, 6) is 0.956. The maximum atomic E-state index is 13.1. The third-order valence-corrected chi connectivity index (χ3v) is 7.96. The summed E-state index contributed by atoms with van der Waals surface area (Å²) < 4.78 is 33.5. The lowest BCUT2D eigenvalue weighted by Crippen LogP contribution is -2.37. The molecule has 4 aromatic heterocycles. The van der Waals surface area contributed by atoms with Crippen molar-refractivity contribution in [1.29, 1.82) is 0 Å². The number of nitrogens with one attached hydrogen (secondary N) is 1. The highest BCUT2D eigenvalue weighted by molar-refractivity contribution is 5.72. The van der Waals surface area contributed by atoms with Crippen molar-refractivity contribution in [3.05, 3.63) is 83.8 Å². The number of esters is 1. The Balaban J connectivity index is 1.22. The normalized spacial score (nSPS) is 18.5. The molecule has 0 saturated heterocycles. The Morgan fingerprint density at radius 2 is 1.88 bits per heavy atom. The first-order valence-corrected chi connectivity index (χ1v) is 13.9. The smallest absolute Gasteiger partial charge is 0.309 e. The molecule has 0 aliphatic heterocycles. The zero-order chi connectivity index (χ0) is 29.9. The molecule has 42 heavy (non-hydrogen) atoms. The molecule has 1 fully saturated rings. The van der Waals surface area contributed by atoms with Crippen molar-refractivity contribution < 1.29 is 23.4 Å². The van der Waals surface area contributed by atoms with Crippen molar-refractivity contribution in [3.8, 4) is 11.3 Å². The summed E-state index contributed by atoms with van der Waals surface area (Å²) >= 11 is 0. The second-order valence-corrected chi connectivity index (χ2v) is 11.0. The van der Waals surface area contributed by atoms with Crippen molar-refractivity contribution in [3.63, 3.8) is 0 Å². The van der Waals surface area contributed by atoms with Gasteiger partial charge < -0.3 is 19.7 Å². The average molecular weight is 577 g/mol. The Morgan fingerprint density at radius 3 is 2.55 bits per heavy atom. The minimum absolute atomic E-state index is 0.0566. The summed E-state index contributed by atoms with van der Waals surface area (Å²) in [5.41, 5.74) is 1.56. The van der Waals surface area contributed by atoms with Crippen LogP contribution in [-0.4, -0.2) is 35.6 Å². The minimum atomic E-state index is -2.59. The van der Waals surface area contributed by atoms with Crippen LogP contribution in [0.5, 0.6) is 0 Å². The van der Waals surface area contributed by atoms with E-state index in [1.165, 1.54) is 18.3 Å². The predicted molar refractivity (Wildman–Crippen MR) is 153 cm³/mol. The number of rotatable bonds is 9. The maximum Gasteiger partial charge on any atom is 0.309 e. The first-order chi connectivity index (χ1) is 20.1. The Hall–Kier alpha value is -4.25. The molecule has 4 aromatic rings. The zero-order valence-corrected chi connectivity index (χ0v) is 23.8. The van der Waals surface area contributed by atoms with Crippen molar-refractivity contribution in [2.24, 2.45) is 18.9 Å². The number of anilines is 2. The van der Waals surface area contributed by atoms with E-state index in [1.807, 2.05) is 36.9 Å². The minimum Gasteiger partial charge on any atom is -0.457 e. The third-order valence-electron chi connectivity index (χ3n) is 7.96. The van der Waals surface area contributed by atoms with Crippen LogP contribution in [0.3, 0.4) is 0 Å². The SMILES string of the molecule is Cc1cc(Nc2cc(C(F)F)ccn2)nc(-c2ccc([C@](C)(O)C3CCC(C(=O)OCc4nccn4C)CC3)nc2)c1. The zero-order valence-electron chi connectivity index (χ0n) is 23.8. The molecule has 0 spiro atoms. The number of aliphatic hydroxyl groups is 1. The lowest BCUT2D eigenvalue weighted by atomic mass is 9.73. The topological polar surface area (TPSA) is 115 Å². The molecule has 0 aromatic carbocycles. The summed E-state index contributed by atoms with van der Waals surface area (Å²) in [7, 11) is 1.86. The molecule has 2 N–H and O–H groups in total. The second-order valence-electron chi connectivity index (χ2n) is 11.0. The number of hydrogen-bond donors (Lipinski definition) is 2. The molecule has 1 atom stereocenters. The largest absolute Gasteiger partial charge is 0.457 e. The molecule has 1 aliphatic rings. The van der Waals surface area contributed by atoms with Crippen LogP contribution in [0.4, 0.5) is 20.4 Å². The molecule has 220 valence electrons. The highest BCUT2D eigenvalue weighted by Crippen LogP contribution is 2.41. The molecule has 4 heterocycles. The van der Waals surface area contributed by atoms with Gasteiger partial charge >= 0.3 is 5.97 Å². The van der Waals surface area contributed by atoms with Crippen LogP contribution < -0.4 is 5.32 Å². The van der Waals surface area contributed by atoms with E-state index in [0.29, 0.717) is 48.7 Å². The van der Waals surface area contributed by atoms with Crippen LogP contribution in [0.15, 0.2) is 61.2 Å². The van der Waals surface area contributed by atoms with Crippen LogP contribution >= 0.6 is 0 Å². The molecule has 0 radical (unpaired) electrons. The van der Waals surface area contributed by atoms with E-state index < -0.39 is 12.0 Å². The number of imidazole rings is 1. The summed E-state index contributed by atoms with van der Waals surface area (Å²) in [6.45, 7) is 3.83. The fourth-order valence-corrected chi connectivity index (χ4v) is 5.40. The van der Waals surface area contributed by atoms with Crippen molar-refractivity contribution in [1.82, 2.24) is 24.5 Å². The van der Waals surface area contributed by atoms with Gasteiger partial charge in [-0.1, -0.05) is 0 Å². The Morgan fingerprint density at radius 1 is 1.10 bits per heavy atom. The molecule has 0 unspecified atom stereocenters. The highest BCUT2D eigenvalue weighted by Gasteiger charge is 2.39. The molecule has 0 bridgehead atoms. The molecular weight excluding hydrogens is 542 g/mol. The van der Waals surface area contributed by atoms with E-state index in [1.54, 1.807) is 31.5 Å². The fourth-order valence-electron chi connectivity index (χ4n) is 5.40. The van der Waals surface area contributed by atoms with E-state index in [2.05, 4.69) is 25.3 Å². The monoisotopic (exact) mass is 576 g/mol. The molecule has 9 nitrogen and oxygen atoms in total. The van der Waals surface area contributed by atoms with Gasteiger partial charge in [0.25, 0.3) is 6.43 Å². The van der Waals surface area contributed by atoms with Gasteiger partial charge in [0.05, 0.1) is 17.3 Å². The van der Waals surface area contributed by atoms with Crippen LogP contribution in [-0.2, 0) is 28.8 Å². The lowest BCUT2D eigenvalue weighted by molar-refractivity contribution is -0.152. The van der Waals surface area contributed by atoms with Gasteiger partial charge in [-0.15, -0.1) is 0 Å². The van der Waals surface area contributed by atoms with E-state index in [0.717, 1.165) is 11.1 Å². The number of alkyl halides is 2. The highest BCUT2D eigenvalue weighted by atomic mass is 19.3. The van der Waals surface area contributed by atoms with Crippen molar-refractivity contribution in [2.75, 3.05) is 5.32 Å². The van der Waals surface area contributed by atoms with Gasteiger partial charge in [0, 0.05) is 43.0 Å². The number of carbonyl (C=O) groups excluding carboxylic acids is 1. The number of hydrogen-bond acceptors (Lipinski definition) is 8. The molecule has 1 aliphatic carbocycles. The van der Waals surface area contributed by atoms with E-state index in [-0.39, 0.29) is 35.8 Å². The van der Waals surface area contributed by atoms with E-state index in [4.69, 9.17) is 4.74 Å². The number of pyridine rings is 3. The van der Waals surface area contributed by atoms with Gasteiger partial charge in [-0.25, -0.2) is 23.7 Å². The van der Waals surface area contributed by atoms with Crippen LogP contribution in [0.25, 0.3) is 11.3 Å². The number of ether oxygens (including phenoxy) is 1. The quantitative estimate of drug-likeness (QED) is 0.233. The summed E-state index contributed by atoms with van der Waals surface area (Å²) in [6.07, 6.45) is 6.51. The third kappa shape index (κ3) is 6.62. The fraction of sp³-hybridized carbons (Fsp3) is 0.387. The van der Waals surface area contributed by atoms with E-state index in [9.17, 15) is 18.7 Å². The molecule has 5 rings (SSSR count). The first-order valence-electron chi connectivity index (χ1n) is 13.9. The molecule has 1 saturated carbocycles. The molecule has 0 amide bonds. The average Bonchev–Trinajstić information content (AvgIpc) is 3.40. The maximum absolute atomic E-state index is 13.1. The van der Waals surface area contributed by atoms with Gasteiger partial charge in [0.2, 0.25) is 0 Å². The molecular formula is C31H34F2N6O3. The van der Waals surface area contributed by atoms with Crippen molar-refractivity contribution >= 4 is 17.6 Å². The van der Waals surface area contributed by atoms with Gasteiger partial charge in [-0.2, -0.15) is 0 Å². The molecule has 11 heteroatoms. The van der Waals surface area contributed by atoms with Crippen LogP contribution in [0.2, 0.25) is 0 Å². The standard InChI is InChI=1S/C31H34F2N6O3/c1-19-14-24(37-27(15-19)38-26-16-21(29(32)33)10-11-34-26)22-6-9-25(36-17-22)31(2,41)23-7-4-20(5-8-23)30(40)42-18-28-35-12-13-39(28)3/h6,9-17,20,23,29,41H,4-5,7-8,18H2,1-3H3,(H,34,37,38)/t20?,23?,31-/m1/s1.